The molecule has 0 radical (unpaired) electrons. The van der Waals surface area contributed by atoms with Gasteiger partial charge in [0.15, 0.2) is 5.78 Å². The van der Waals surface area contributed by atoms with Gasteiger partial charge in [-0.15, -0.1) is 0 Å². The highest BCUT2D eigenvalue weighted by molar-refractivity contribution is 6.16. The Labute approximate surface area is 176 Å². The van der Waals surface area contributed by atoms with Crippen LogP contribution in [0.5, 0.6) is 0 Å². The van der Waals surface area contributed by atoms with E-state index < -0.39 is 11.4 Å². The molecule has 0 aliphatic rings. The first-order valence-electron chi connectivity index (χ1n) is 9.69. The third kappa shape index (κ3) is 3.14. The molecule has 0 bridgehead atoms. The second-order valence-corrected chi connectivity index (χ2v) is 7.20. The molecule has 5 aromatic rings. The Hall–Kier alpha value is -4.32. The number of carbonyl (C=O) groups excluding carboxylic acids is 2. The number of carbonyl (C=O) groups is 2. The molecule has 0 spiro atoms. The van der Waals surface area contributed by atoms with Crippen molar-refractivity contribution in [3.05, 3.63) is 106 Å². The van der Waals surface area contributed by atoms with E-state index in [9.17, 15) is 14.4 Å². The zero-order chi connectivity index (χ0) is 21.5. The fourth-order valence-corrected chi connectivity index (χ4v) is 3.69. The van der Waals surface area contributed by atoms with Crippen LogP contribution in [0.4, 0.5) is 0 Å². The van der Waals surface area contributed by atoms with E-state index >= 15 is 0 Å². The zero-order valence-electron chi connectivity index (χ0n) is 16.5. The van der Waals surface area contributed by atoms with Crippen molar-refractivity contribution in [2.45, 2.75) is 6.92 Å². The lowest BCUT2D eigenvalue weighted by Gasteiger charge is -2.05. The molecule has 6 heteroatoms. The predicted octanol–water partition coefficient (Wildman–Crippen LogP) is 4.57. The second kappa shape index (κ2) is 7.18. The van der Waals surface area contributed by atoms with Crippen LogP contribution in [0.15, 0.2) is 88.2 Å². The van der Waals surface area contributed by atoms with Gasteiger partial charge in [-0.3, -0.25) is 9.59 Å². The van der Waals surface area contributed by atoms with Gasteiger partial charge in [0.2, 0.25) is 5.78 Å². The van der Waals surface area contributed by atoms with Gasteiger partial charge in [0, 0.05) is 18.5 Å². The SMILES string of the molecule is CC(=O)c1nn(-c2ccccc2)cc1C(=O)c1cc2c(ccc3ccccc32)oc1=O. The van der Waals surface area contributed by atoms with Crippen LogP contribution in [0.3, 0.4) is 0 Å². The molecule has 6 nitrogen and oxygen atoms in total. The van der Waals surface area contributed by atoms with E-state index in [-0.39, 0.29) is 22.6 Å². The van der Waals surface area contributed by atoms with Gasteiger partial charge in [-0.1, -0.05) is 48.5 Å². The van der Waals surface area contributed by atoms with E-state index in [4.69, 9.17) is 4.42 Å². The Balaban J connectivity index is 1.71. The summed E-state index contributed by atoms with van der Waals surface area (Å²) >= 11 is 0. The molecule has 0 amide bonds. The van der Waals surface area contributed by atoms with E-state index in [0.29, 0.717) is 16.7 Å². The van der Waals surface area contributed by atoms with E-state index in [1.54, 1.807) is 6.07 Å². The van der Waals surface area contributed by atoms with Gasteiger partial charge in [-0.05, 0) is 35.0 Å². The van der Waals surface area contributed by atoms with Gasteiger partial charge in [-0.25, -0.2) is 9.48 Å². The molecule has 0 fully saturated rings. The molecule has 31 heavy (non-hydrogen) atoms. The number of hydrogen-bond acceptors (Lipinski definition) is 5. The van der Waals surface area contributed by atoms with Gasteiger partial charge in [0.25, 0.3) is 0 Å². The van der Waals surface area contributed by atoms with Crippen LogP contribution in [0.25, 0.3) is 27.4 Å². The highest BCUT2D eigenvalue weighted by Crippen LogP contribution is 2.26. The molecule has 2 aromatic heterocycles. The summed E-state index contributed by atoms with van der Waals surface area (Å²) in [6.07, 6.45) is 1.47. The van der Waals surface area contributed by atoms with Crippen LogP contribution < -0.4 is 5.63 Å². The summed E-state index contributed by atoms with van der Waals surface area (Å²) in [5.41, 5.74) is 0.260. The molecule has 5 rings (SSSR count). The van der Waals surface area contributed by atoms with Crippen molar-refractivity contribution in [3.8, 4) is 5.69 Å². The molecule has 0 N–H and O–H groups in total. The fraction of sp³-hybridized carbons (Fsp3) is 0.0400. The molecule has 0 saturated carbocycles. The summed E-state index contributed by atoms with van der Waals surface area (Å²) in [7, 11) is 0. The highest BCUT2D eigenvalue weighted by atomic mass is 16.4. The predicted molar refractivity (Wildman–Crippen MR) is 117 cm³/mol. The molecule has 0 aliphatic heterocycles. The topological polar surface area (TPSA) is 82.2 Å². The number of hydrogen-bond donors (Lipinski definition) is 0. The van der Waals surface area contributed by atoms with E-state index in [1.807, 2.05) is 60.7 Å². The van der Waals surface area contributed by atoms with Crippen molar-refractivity contribution in [1.82, 2.24) is 9.78 Å². The average Bonchev–Trinajstić information content (AvgIpc) is 3.24. The summed E-state index contributed by atoms with van der Waals surface area (Å²) in [6.45, 7) is 1.34. The Kier molecular flexibility index (Phi) is 4.33. The van der Waals surface area contributed by atoms with Crippen LogP contribution in [0, 0.1) is 0 Å². The third-order valence-corrected chi connectivity index (χ3v) is 5.20. The largest absolute Gasteiger partial charge is 0.422 e. The summed E-state index contributed by atoms with van der Waals surface area (Å²) in [5.74, 6) is -0.968. The number of rotatable bonds is 4. The average molecular weight is 408 g/mol. The van der Waals surface area contributed by atoms with Gasteiger partial charge in [-0.2, -0.15) is 5.10 Å². The maximum Gasteiger partial charge on any atom is 0.347 e. The molecule has 150 valence electrons. The fourth-order valence-electron chi connectivity index (χ4n) is 3.69. The van der Waals surface area contributed by atoms with Gasteiger partial charge < -0.3 is 4.42 Å². The van der Waals surface area contributed by atoms with Crippen molar-refractivity contribution in [2.75, 3.05) is 0 Å². The Morgan fingerprint density at radius 3 is 2.39 bits per heavy atom. The summed E-state index contributed by atoms with van der Waals surface area (Å²) in [6, 6.07) is 21.9. The maximum atomic E-state index is 13.4. The summed E-state index contributed by atoms with van der Waals surface area (Å²) < 4.78 is 6.91. The molecule has 0 atom stereocenters. The monoisotopic (exact) mass is 408 g/mol. The molecule has 0 saturated heterocycles. The van der Waals surface area contributed by atoms with Crippen LogP contribution in [-0.2, 0) is 0 Å². The van der Waals surface area contributed by atoms with Crippen molar-refractivity contribution >= 4 is 33.3 Å². The molecule has 0 aliphatic carbocycles. The number of benzene rings is 3. The van der Waals surface area contributed by atoms with Gasteiger partial charge in [0.1, 0.15) is 16.8 Å². The summed E-state index contributed by atoms with van der Waals surface area (Å²) in [4.78, 5) is 38.2. The van der Waals surface area contributed by atoms with Crippen molar-refractivity contribution in [2.24, 2.45) is 0 Å². The number of Topliss-reactive ketones (excluding diaryl/α,β-unsaturated/α-hetero) is 1. The van der Waals surface area contributed by atoms with Crippen LogP contribution >= 0.6 is 0 Å². The Bertz CT molecular complexity index is 1540. The van der Waals surface area contributed by atoms with Gasteiger partial charge in [0.05, 0.1) is 11.3 Å². The minimum atomic E-state index is -0.755. The first-order chi connectivity index (χ1) is 15.0. The zero-order valence-corrected chi connectivity index (χ0v) is 16.5. The lowest BCUT2D eigenvalue weighted by Crippen LogP contribution is -2.16. The third-order valence-electron chi connectivity index (χ3n) is 5.20. The van der Waals surface area contributed by atoms with Gasteiger partial charge >= 0.3 is 5.63 Å². The minimum Gasteiger partial charge on any atom is -0.422 e. The summed E-state index contributed by atoms with van der Waals surface area (Å²) in [5, 5.41) is 6.76. The Morgan fingerprint density at radius 1 is 0.871 bits per heavy atom. The quantitative estimate of drug-likeness (QED) is 0.247. The lowest BCUT2D eigenvalue weighted by molar-refractivity contribution is 0.0986. The standard InChI is InChI=1S/C25H16N2O4/c1-15(28)23-21(14-27(26-23)17-8-3-2-4-9-17)24(29)20-13-19-18-10-6-5-7-16(18)11-12-22(19)31-25(20)30/h2-14H,1H3. The number of ketones is 2. The molecular weight excluding hydrogens is 392 g/mol. The normalized spacial score (nSPS) is 11.1. The number of para-hydroxylation sites is 1. The smallest absolute Gasteiger partial charge is 0.347 e. The number of fused-ring (bicyclic) bond motifs is 3. The molecule has 2 heterocycles. The van der Waals surface area contributed by atoms with E-state index in [0.717, 1.165) is 10.8 Å². The first-order valence-corrected chi connectivity index (χ1v) is 9.69. The maximum absolute atomic E-state index is 13.4. The minimum absolute atomic E-state index is 0.00581. The van der Waals surface area contributed by atoms with Crippen molar-refractivity contribution in [1.29, 1.82) is 0 Å². The molecule has 3 aromatic carbocycles. The number of nitrogens with zero attached hydrogens (tertiary/aromatic N) is 2. The highest BCUT2D eigenvalue weighted by Gasteiger charge is 2.24. The molecule has 0 unspecified atom stereocenters. The first kappa shape index (κ1) is 18.7. The lowest BCUT2D eigenvalue weighted by atomic mass is 10.0. The van der Waals surface area contributed by atoms with Crippen molar-refractivity contribution in [3.63, 3.8) is 0 Å². The van der Waals surface area contributed by atoms with E-state index in [1.165, 1.54) is 23.9 Å². The van der Waals surface area contributed by atoms with Crippen LogP contribution in [0.2, 0.25) is 0 Å². The number of aromatic nitrogens is 2. The van der Waals surface area contributed by atoms with E-state index in [2.05, 4.69) is 5.10 Å². The van der Waals surface area contributed by atoms with Crippen LogP contribution in [-0.4, -0.2) is 21.3 Å². The Morgan fingerprint density at radius 2 is 1.61 bits per heavy atom. The van der Waals surface area contributed by atoms with Crippen molar-refractivity contribution < 1.29 is 14.0 Å². The van der Waals surface area contributed by atoms with Crippen LogP contribution in [0.1, 0.15) is 33.3 Å². The second-order valence-electron chi connectivity index (χ2n) is 7.20. The molecular formula is C25H16N2O4.